The molecule has 190 valence electrons. The number of rotatable bonds is 5. The van der Waals surface area contributed by atoms with Gasteiger partial charge in [-0.1, -0.05) is 77.3 Å². The molecule has 5 rings (SSSR count). The Morgan fingerprint density at radius 3 is 1.75 bits per heavy atom. The normalized spacial score (nSPS) is 17.1. The van der Waals surface area contributed by atoms with Crippen LogP contribution in [0.4, 0.5) is 0 Å². The molecule has 0 bridgehead atoms. The third-order valence-electron chi connectivity index (χ3n) is 6.71. The van der Waals surface area contributed by atoms with Crippen LogP contribution in [0.3, 0.4) is 0 Å². The van der Waals surface area contributed by atoms with Crippen molar-refractivity contribution in [3.63, 3.8) is 0 Å². The fourth-order valence-electron chi connectivity index (χ4n) is 4.96. The van der Waals surface area contributed by atoms with Gasteiger partial charge in [-0.15, -0.1) is 0 Å². The van der Waals surface area contributed by atoms with Gasteiger partial charge in [0.2, 0.25) is 10.0 Å². The van der Waals surface area contributed by atoms with Gasteiger partial charge in [-0.25, -0.2) is 22.0 Å². The molecular formula is C27H29BrN2O4S2. The summed E-state index contributed by atoms with van der Waals surface area (Å²) in [4.78, 5) is 0.463. The monoisotopic (exact) mass is 588 g/mol. The van der Waals surface area contributed by atoms with Crippen LogP contribution in [0.5, 0.6) is 0 Å². The first-order valence-electron chi connectivity index (χ1n) is 11.7. The summed E-state index contributed by atoms with van der Waals surface area (Å²) in [6.07, 6.45) is 6.64. The quantitative estimate of drug-likeness (QED) is 0.391. The van der Waals surface area contributed by atoms with E-state index in [1.54, 1.807) is 42.5 Å². The Hall–Kier alpha value is -2.46. The van der Waals surface area contributed by atoms with Gasteiger partial charge in [-0.2, -0.15) is 0 Å². The lowest BCUT2D eigenvalue weighted by atomic mass is 9.82. The number of nitrogens with one attached hydrogen (secondary N) is 1. The van der Waals surface area contributed by atoms with Gasteiger partial charge < -0.3 is 0 Å². The fraction of sp³-hybridized carbons (Fsp3) is 0.259. The van der Waals surface area contributed by atoms with E-state index in [1.807, 2.05) is 18.2 Å². The molecule has 0 saturated heterocycles. The summed E-state index contributed by atoms with van der Waals surface area (Å²) in [6, 6.07) is 24.7. The summed E-state index contributed by atoms with van der Waals surface area (Å²) in [5.74, 6) is 0. The fourth-order valence-corrected chi connectivity index (χ4v) is 6.91. The van der Waals surface area contributed by atoms with Crippen LogP contribution in [0, 0.1) is 5.41 Å². The zero-order valence-electron chi connectivity index (χ0n) is 19.7. The molecule has 0 radical (unpaired) electrons. The van der Waals surface area contributed by atoms with Crippen molar-refractivity contribution >= 4 is 41.5 Å². The number of hydrogen-bond acceptors (Lipinski definition) is 4. The van der Waals surface area contributed by atoms with Crippen molar-refractivity contribution in [2.45, 2.75) is 48.3 Å². The number of hydrogen-bond donors (Lipinski definition) is 2. The third kappa shape index (κ3) is 6.45. The highest BCUT2D eigenvalue weighted by molar-refractivity contribution is 9.10. The number of allylic oxidation sites excluding steroid dienone is 2. The molecule has 0 amide bonds. The van der Waals surface area contributed by atoms with Crippen LogP contribution < -0.4 is 9.86 Å². The minimum atomic E-state index is -3.56. The minimum absolute atomic E-state index is 0.148. The van der Waals surface area contributed by atoms with Gasteiger partial charge >= 0.3 is 0 Å². The van der Waals surface area contributed by atoms with Crippen molar-refractivity contribution in [1.29, 1.82) is 0 Å². The van der Waals surface area contributed by atoms with E-state index in [0.717, 1.165) is 34.1 Å². The van der Waals surface area contributed by atoms with Gasteiger partial charge in [-0.05, 0) is 78.6 Å². The topological polar surface area (TPSA) is 106 Å². The lowest BCUT2D eigenvalue weighted by molar-refractivity contribution is 0.319. The van der Waals surface area contributed by atoms with Crippen LogP contribution in [-0.2, 0) is 20.0 Å². The van der Waals surface area contributed by atoms with E-state index in [4.69, 9.17) is 5.14 Å². The first kappa shape index (κ1) is 26.6. The highest BCUT2D eigenvalue weighted by atomic mass is 79.9. The highest BCUT2D eigenvalue weighted by Gasteiger charge is 2.42. The smallest absolute Gasteiger partial charge is 0.261 e. The standard InChI is InChI=1S/C21H22BrNO2S.C6H7NO2S/c22-17-10-8-16(9-11-17)19-14-21(12-4-5-13-21)15-20(19)23-26(24,25)18-6-2-1-3-7-18;7-10(8,9)6-4-2-1-3-5-6/h1-3,6-11,23H,4-5,12-15H2;1-5H,(H2,7,8,9). The van der Waals surface area contributed by atoms with E-state index in [-0.39, 0.29) is 10.3 Å². The maximum atomic E-state index is 12.9. The number of sulfonamides is 2. The molecule has 3 N–H and O–H groups in total. The Labute approximate surface area is 221 Å². The summed E-state index contributed by atoms with van der Waals surface area (Å²) in [5.41, 5.74) is 3.37. The van der Waals surface area contributed by atoms with Crippen molar-refractivity contribution < 1.29 is 16.8 Å². The zero-order valence-corrected chi connectivity index (χ0v) is 22.9. The number of primary sulfonamides is 1. The Morgan fingerprint density at radius 1 is 0.722 bits per heavy atom. The van der Waals surface area contributed by atoms with E-state index in [1.165, 1.54) is 37.8 Å². The molecule has 0 unspecified atom stereocenters. The molecule has 1 fully saturated rings. The van der Waals surface area contributed by atoms with E-state index in [9.17, 15) is 16.8 Å². The van der Waals surface area contributed by atoms with Gasteiger partial charge in [0, 0.05) is 10.2 Å². The largest absolute Gasteiger partial charge is 0.283 e. The van der Waals surface area contributed by atoms with Crippen molar-refractivity contribution in [2.75, 3.05) is 0 Å². The van der Waals surface area contributed by atoms with Crippen LogP contribution in [-0.4, -0.2) is 16.8 Å². The van der Waals surface area contributed by atoms with Crippen LogP contribution >= 0.6 is 15.9 Å². The second-order valence-electron chi connectivity index (χ2n) is 9.30. The summed E-state index contributed by atoms with van der Waals surface area (Å²) >= 11 is 3.48. The molecule has 36 heavy (non-hydrogen) atoms. The van der Waals surface area contributed by atoms with Crippen molar-refractivity contribution in [2.24, 2.45) is 10.6 Å². The van der Waals surface area contributed by atoms with E-state index in [2.05, 4.69) is 32.8 Å². The summed E-state index contributed by atoms with van der Waals surface area (Å²) in [6.45, 7) is 0. The molecule has 3 aromatic carbocycles. The van der Waals surface area contributed by atoms with Crippen molar-refractivity contribution in [1.82, 2.24) is 4.72 Å². The first-order chi connectivity index (χ1) is 17.1. The zero-order chi connectivity index (χ0) is 25.8. The third-order valence-corrected chi connectivity index (χ3v) is 9.57. The van der Waals surface area contributed by atoms with E-state index >= 15 is 0 Å². The number of halogens is 1. The Balaban J connectivity index is 0.000000256. The molecule has 2 aliphatic rings. The van der Waals surface area contributed by atoms with Crippen LogP contribution in [0.1, 0.15) is 44.1 Å². The summed E-state index contributed by atoms with van der Waals surface area (Å²) in [7, 11) is -7.06. The second-order valence-corrected chi connectivity index (χ2v) is 13.5. The molecule has 2 aliphatic carbocycles. The average molecular weight is 590 g/mol. The summed E-state index contributed by atoms with van der Waals surface area (Å²) < 4.78 is 50.9. The van der Waals surface area contributed by atoms with Crippen LogP contribution in [0.15, 0.2) is 105 Å². The van der Waals surface area contributed by atoms with E-state index < -0.39 is 20.0 Å². The molecule has 0 aromatic heterocycles. The second kappa shape index (κ2) is 10.9. The maximum Gasteiger partial charge on any atom is 0.261 e. The highest BCUT2D eigenvalue weighted by Crippen LogP contribution is 2.54. The molecule has 3 aromatic rings. The van der Waals surface area contributed by atoms with Gasteiger partial charge in [0.1, 0.15) is 0 Å². The first-order valence-corrected chi connectivity index (χ1v) is 15.5. The minimum Gasteiger partial charge on any atom is -0.283 e. The molecule has 0 atom stereocenters. The van der Waals surface area contributed by atoms with Gasteiger partial charge in [0.25, 0.3) is 10.0 Å². The number of nitrogens with two attached hydrogens (primary N) is 1. The molecular weight excluding hydrogens is 560 g/mol. The Bertz CT molecular complexity index is 1430. The Kier molecular flexibility index (Phi) is 8.04. The summed E-state index contributed by atoms with van der Waals surface area (Å²) in [5, 5.41) is 4.83. The van der Waals surface area contributed by atoms with E-state index in [0.29, 0.717) is 4.90 Å². The van der Waals surface area contributed by atoms with Crippen LogP contribution in [0.25, 0.3) is 5.57 Å². The lowest BCUT2D eigenvalue weighted by Crippen LogP contribution is -2.24. The predicted octanol–water partition coefficient (Wildman–Crippen LogP) is 5.83. The predicted molar refractivity (Wildman–Crippen MR) is 146 cm³/mol. The molecule has 0 aliphatic heterocycles. The molecule has 6 nitrogen and oxygen atoms in total. The SMILES string of the molecule is NS(=O)(=O)c1ccccc1.O=S(=O)(NC1=C(c2ccc(Br)cc2)CC2(CCCC2)C1)c1ccccc1. The van der Waals surface area contributed by atoms with Gasteiger partial charge in [0.15, 0.2) is 0 Å². The van der Waals surface area contributed by atoms with Crippen LogP contribution in [0.2, 0.25) is 0 Å². The van der Waals surface area contributed by atoms with Gasteiger partial charge in [-0.3, -0.25) is 4.72 Å². The Morgan fingerprint density at radius 2 is 1.25 bits per heavy atom. The number of benzene rings is 3. The molecule has 1 spiro atoms. The average Bonchev–Trinajstić information content (AvgIpc) is 3.46. The molecule has 1 saturated carbocycles. The molecule has 0 heterocycles. The van der Waals surface area contributed by atoms with Crippen molar-refractivity contribution in [3.8, 4) is 0 Å². The van der Waals surface area contributed by atoms with Crippen molar-refractivity contribution in [3.05, 3.63) is 101 Å². The lowest BCUT2D eigenvalue weighted by Gasteiger charge is -2.23. The van der Waals surface area contributed by atoms with Gasteiger partial charge in [0.05, 0.1) is 9.79 Å². The molecule has 9 heteroatoms. The maximum absolute atomic E-state index is 12.9.